The van der Waals surface area contributed by atoms with E-state index in [2.05, 4.69) is 10.2 Å². The molecule has 0 bridgehead atoms. The molecule has 38 heavy (non-hydrogen) atoms. The first kappa shape index (κ1) is 26.9. The van der Waals surface area contributed by atoms with Gasteiger partial charge in [-0.2, -0.15) is 0 Å². The minimum absolute atomic E-state index is 0.171. The topological polar surface area (TPSA) is 58.6 Å². The van der Waals surface area contributed by atoms with Crippen LogP contribution in [0.3, 0.4) is 0 Å². The SMILES string of the molecule is CCOC(=O)c1ccc(NC(=O)CCN(Cc2ccc(F)cc2)c2ccc(Cl)c(-c3ccccc3)c2)cc1. The van der Waals surface area contributed by atoms with Crippen LogP contribution in [0.15, 0.2) is 97.1 Å². The number of nitrogens with one attached hydrogen (secondary N) is 1. The lowest BCUT2D eigenvalue weighted by atomic mass is 10.0. The highest BCUT2D eigenvalue weighted by molar-refractivity contribution is 6.33. The minimum atomic E-state index is -0.403. The zero-order chi connectivity index (χ0) is 26.9. The highest BCUT2D eigenvalue weighted by atomic mass is 35.5. The first-order valence-electron chi connectivity index (χ1n) is 12.3. The van der Waals surface area contributed by atoms with Crippen molar-refractivity contribution in [2.45, 2.75) is 19.9 Å². The molecule has 0 aromatic heterocycles. The smallest absolute Gasteiger partial charge is 0.338 e. The van der Waals surface area contributed by atoms with E-state index in [4.69, 9.17) is 16.3 Å². The summed E-state index contributed by atoms with van der Waals surface area (Å²) in [6.45, 7) is 2.95. The van der Waals surface area contributed by atoms with E-state index in [1.54, 1.807) is 43.3 Å². The Morgan fingerprint density at radius 2 is 1.63 bits per heavy atom. The van der Waals surface area contributed by atoms with Crippen molar-refractivity contribution in [3.8, 4) is 11.1 Å². The fourth-order valence-electron chi connectivity index (χ4n) is 4.02. The zero-order valence-electron chi connectivity index (χ0n) is 21.0. The molecule has 194 valence electrons. The Hall–Kier alpha value is -4.16. The van der Waals surface area contributed by atoms with Gasteiger partial charge in [-0.05, 0) is 72.6 Å². The van der Waals surface area contributed by atoms with Crippen LogP contribution >= 0.6 is 11.6 Å². The van der Waals surface area contributed by atoms with Crippen molar-refractivity contribution < 1.29 is 18.7 Å². The number of rotatable bonds is 10. The first-order valence-corrected chi connectivity index (χ1v) is 12.7. The number of benzene rings is 4. The Morgan fingerprint density at radius 1 is 0.921 bits per heavy atom. The molecule has 0 aliphatic rings. The molecule has 4 rings (SSSR count). The molecule has 7 heteroatoms. The van der Waals surface area contributed by atoms with E-state index in [-0.39, 0.29) is 18.1 Å². The summed E-state index contributed by atoms with van der Waals surface area (Å²) in [5, 5.41) is 3.51. The lowest BCUT2D eigenvalue weighted by molar-refractivity contribution is -0.116. The minimum Gasteiger partial charge on any atom is -0.462 e. The maximum Gasteiger partial charge on any atom is 0.338 e. The number of nitrogens with zero attached hydrogens (tertiary/aromatic N) is 1. The molecule has 5 nitrogen and oxygen atoms in total. The number of carbonyl (C=O) groups excluding carboxylic acids is 2. The third-order valence-corrected chi connectivity index (χ3v) is 6.30. The van der Waals surface area contributed by atoms with Gasteiger partial charge in [0.1, 0.15) is 5.82 Å². The van der Waals surface area contributed by atoms with Crippen LogP contribution in [0.2, 0.25) is 5.02 Å². The summed E-state index contributed by atoms with van der Waals surface area (Å²) in [5.41, 5.74) is 4.70. The van der Waals surface area contributed by atoms with E-state index in [1.165, 1.54) is 12.1 Å². The van der Waals surface area contributed by atoms with Crippen molar-refractivity contribution in [3.05, 3.63) is 119 Å². The van der Waals surface area contributed by atoms with Crippen LogP contribution in [0.5, 0.6) is 0 Å². The molecule has 0 aliphatic heterocycles. The Kier molecular flexibility index (Phi) is 9.11. The molecular weight excluding hydrogens is 503 g/mol. The zero-order valence-corrected chi connectivity index (χ0v) is 21.7. The van der Waals surface area contributed by atoms with Crippen LogP contribution < -0.4 is 10.2 Å². The van der Waals surface area contributed by atoms with Crippen molar-refractivity contribution >= 4 is 34.9 Å². The molecule has 0 aliphatic carbocycles. The van der Waals surface area contributed by atoms with Crippen LogP contribution in [0.4, 0.5) is 15.8 Å². The molecule has 1 amide bonds. The highest BCUT2D eigenvalue weighted by Gasteiger charge is 2.14. The Labute approximate surface area is 226 Å². The lowest BCUT2D eigenvalue weighted by Crippen LogP contribution is -2.27. The van der Waals surface area contributed by atoms with Gasteiger partial charge < -0.3 is 15.0 Å². The van der Waals surface area contributed by atoms with Gasteiger partial charge in [-0.1, -0.05) is 54.1 Å². The molecular formula is C31H28ClFN2O3. The van der Waals surface area contributed by atoms with Crippen molar-refractivity contribution in [1.29, 1.82) is 0 Å². The number of halogens is 2. The van der Waals surface area contributed by atoms with E-state index >= 15 is 0 Å². The summed E-state index contributed by atoms with van der Waals surface area (Å²) in [4.78, 5) is 26.7. The average Bonchev–Trinajstić information content (AvgIpc) is 2.93. The van der Waals surface area contributed by atoms with Crippen LogP contribution in [-0.2, 0) is 16.1 Å². The predicted octanol–water partition coefficient (Wildman–Crippen LogP) is 7.36. The van der Waals surface area contributed by atoms with Crippen molar-refractivity contribution in [2.75, 3.05) is 23.4 Å². The summed E-state index contributed by atoms with van der Waals surface area (Å²) in [5.74, 6) is -0.874. The summed E-state index contributed by atoms with van der Waals surface area (Å²) in [6.07, 6.45) is 0.212. The fraction of sp³-hybridized carbons (Fsp3) is 0.161. The normalized spacial score (nSPS) is 10.6. The Balaban J connectivity index is 1.50. The number of esters is 1. The molecule has 0 fully saturated rings. The highest BCUT2D eigenvalue weighted by Crippen LogP contribution is 2.32. The average molecular weight is 531 g/mol. The fourth-order valence-corrected chi connectivity index (χ4v) is 4.25. The van der Waals surface area contributed by atoms with E-state index in [1.807, 2.05) is 48.5 Å². The van der Waals surface area contributed by atoms with Crippen molar-refractivity contribution in [2.24, 2.45) is 0 Å². The molecule has 0 radical (unpaired) electrons. The molecule has 0 atom stereocenters. The molecule has 4 aromatic carbocycles. The van der Waals surface area contributed by atoms with Crippen LogP contribution in [-0.4, -0.2) is 25.0 Å². The molecule has 0 saturated heterocycles. The molecule has 0 saturated carbocycles. The van der Waals surface area contributed by atoms with E-state index in [9.17, 15) is 14.0 Å². The number of carbonyl (C=O) groups is 2. The second-order valence-corrected chi connectivity index (χ2v) is 9.08. The van der Waals surface area contributed by atoms with Gasteiger partial charge in [-0.15, -0.1) is 0 Å². The lowest BCUT2D eigenvalue weighted by Gasteiger charge is -2.26. The quantitative estimate of drug-likeness (QED) is 0.218. The second-order valence-electron chi connectivity index (χ2n) is 8.67. The third-order valence-electron chi connectivity index (χ3n) is 5.98. The van der Waals surface area contributed by atoms with Gasteiger partial charge in [0.05, 0.1) is 12.2 Å². The molecule has 0 unspecified atom stereocenters. The number of anilines is 2. The molecule has 0 spiro atoms. The third kappa shape index (κ3) is 7.20. The number of hydrogen-bond acceptors (Lipinski definition) is 4. The predicted molar refractivity (Wildman–Crippen MR) is 150 cm³/mol. The van der Waals surface area contributed by atoms with Gasteiger partial charge in [0.25, 0.3) is 0 Å². The van der Waals surface area contributed by atoms with E-state index in [0.717, 1.165) is 22.4 Å². The maximum atomic E-state index is 13.5. The van der Waals surface area contributed by atoms with Crippen LogP contribution in [0.1, 0.15) is 29.3 Å². The van der Waals surface area contributed by atoms with Gasteiger partial charge in [0, 0.05) is 41.5 Å². The van der Waals surface area contributed by atoms with Crippen LogP contribution in [0.25, 0.3) is 11.1 Å². The van der Waals surface area contributed by atoms with Crippen molar-refractivity contribution in [1.82, 2.24) is 0 Å². The first-order chi connectivity index (χ1) is 18.4. The van der Waals surface area contributed by atoms with Crippen LogP contribution in [0, 0.1) is 5.82 Å². The molecule has 4 aromatic rings. The summed E-state index contributed by atoms with van der Waals surface area (Å²) >= 11 is 6.53. The van der Waals surface area contributed by atoms with E-state index < -0.39 is 5.97 Å². The molecule has 0 heterocycles. The molecule has 1 N–H and O–H groups in total. The largest absolute Gasteiger partial charge is 0.462 e. The summed E-state index contributed by atoms with van der Waals surface area (Å²) in [7, 11) is 0. The number of amides is 1. The van der Waals surface area contributed by atoms with Gasteiger partial charge in [-0.25, -0.2) is 9.18 Å². The van der Waals surface area contributed by atoms with Gasteiger partial charge in [0.2, 0.25) is 5.91 Å². The van der Waals surface area contributed by atoms with E-state index in [0.29, 0.717) is 36.0 Å². The standard InChI is InChI=1S/C31H28ClFN2O3/c1-2-38-31(37)24-10-14-26(15-11-24)34-30(36)18-19-35(21-22-8-12-25(33)13-9-22)27-16-17-29(32)28(20-27)23-6-4-3-5-7-23/h3-17,20H,2,18-19,21H2,1H3,(H,34,36). The van der Waals surface area contributed by atoms with Gasteiger partial charge >= 0.3 is 5.97 Å². The summed E-state index contributed by atoms with van der Waals surface area (Å²) in [6, 6.07) is 28.5. The number of ether oxygens (including phenoxy) is 1. The number of hydrogen-bond donors (Lipinski definition) is 1. The Morgan fingerprint density at radius 3 is 2.32 bits per heavy atom. The van der Waals surface area contributed by atoms with Crippen molar-refractivity contribution in [3.63, 3.8) is 0 Å². The maximum absolute atomic E-state index is 13.5. The van der Waals surface area contributed by atoms with Gasteiger partial charge in [-0.3, -0.25) is 4.79 Å². The van der Waals surface area contributed by atoms with Gasteiger partial charge in [0.15, 0.2) is 0 Å². The second kappa shape index (κ2) is 12.9. The Bertz CT molecular complexity index is 1380. The monoisotopic (exact) mass is 530 g/mol. The summed E-state index contributed by atoms with van der Waals surface area (Å²) < 4.78 is 18.5.